The summed E-state index contributed by atoms with van der Waals surface area (Å²) >= 11 is 1.40. The van der Waals surface area contributed by atoms with Gasteiger partial charge in [0.2, 0.25) is 0 Å². The number of carbonyl (C=O) groups excluding carboxylic acids is 1. The molecule has 2 rings (SSSR count). The molecule has 2 aromatic heterocycles. The SMILES string of the molecule is C=CCNC(=O)c1sc2cc(C)nc(C)c2c1N. The Morgan fingerprint density at radius 3 is 3.00 bits per heavy atom. The summed E-state index contributed by atoms with van der Waals surface area (Å²) < 4.78 is 1.00. The van der Waals surface area contributed by atoms with Crippen molar-refractivity contribution in [1.82, 2.24) is 10.3 Å². The van der Waals surface area contributed by atoms with Gasteiger partial charge in [0, 0.05) is 28.0 Å². The van der Waals surface area contributed by atoms with E-state index in [1.54, 1.807) is 6.08 Å². The molecule has 0 atom stereocenters. The number of pyridine rings is 1. The van der Waals surface area contributed by atoms with Crippen molar-refractivity contribution in [3.63, 3.8) is 0 Å². The second-order valence-electron chi connectivity index (χ2n) is 4.07. The predicted octanol–water partition coefficient (Wildman–Crippen LogP) is 2.41. The fourth-order valence-corrected chi connectivity index (χ4v) is 3.08. The number of nitrogens with two attached hydrogens (primary N) is 1. The quantitative estimate of drug-likeness (QED) is 0.834. The molecule has 4 nitrogen and oxygen atoms in total. The Kier molecular flexibility index (Phi) is 3.34. The van der Waals surface area contributed by atoms with Crippen LogP contribution < -0.4 is 11.1 Å². The molecule has 3 N–H and O–H groups in total. The number of carbonyl (C=O) groups is 1. The highest BCUT2D eigenvalue weighted by Crippen LogP contribution is 2.35. The molecule has 2 heterocycles. The van der Waals surface area contributed by atoms with Crippen LogP contribution in [0.25, 0.3) is 10.1 Å². The number of fused-ring (bicyclic) bond motifs is 1. The van der Waals surface area contributed by atoms with E-state index >= 15 is 0 Å². The molecule has 2 aromatic rings. The lowest BCUT2D eigenvalue weighted by atomic mass is 10.2. The number of aromatic nitrogens is 1. The third-order valence-electron chi connectivity index (χ3n) is 2.63. The Bertz CT molecular complexity index is 631. The molecule has 0 bridgehead atoms. The van der Waals surface area contributed by atoms with Crippen LogP contribution >= 0.6 is 11.3 Å². The van der Waals surface area contributed by atoms with Gasteiger partial charge in [0.25, 0.3) is 5.91 Å². The number of rotatable bonds is 3. The van der Waals surface area contributed by atoms with E-state index in [1.165, 1.54) is 11.3 Å². The molecule has 94 valence electrons. The van der Waals surface area contributed by atoms with Gasteiger partial charge in [-0.15, -0.1) is 17.9 Å². The maximum Gasteiger partial charge on any atom is 0.263 e. The minimum Gasteiger partial charge on any atom is -0.397 e. The molecule has 0 aromatic carbocycles. The minimum absolute atomic E-state index is 0.161. The van der Waals surface area contributed by atoms with Gasteiger partial charge in [-0.05, 0) is 19.9 Å². The Morgan fingerprint density at radius 2 is 2.33 bits per heavy atom. The van der Waals surface area contributed by atoms with E-state index in [0.717, 1.165) is 21.5 Å². The van der Waals surface area contributed by atoms with Crippen LogP contribution in [0.3, 0.4) is 0 Å². The van der Waals surface area contributed by atoms with Gasteiger partial charge in [0.15, 0.2) is 0 Å². The van der Waals surface area contributed by atoms with Crippen LogP contribution in [0.5, 0.6) is 0 Å². The topological polar surface area (TPSA) is 68.0 Å². The number of amides is 1. The first-order valence-corrected chi connectivity index (χ1v) is 6.41. The fraction of sp³-hybridized carbons (Fsp3) is 0.231. The van der Waals surface area contributed by atoms with E-state index in [2.05, 4.69) is 16.9 Å². The van der Waals surface area contributed by atoms with E-state index in [1.807, 2.05) is 19.9 Å². The van der Waals surface area contributed by atoms with Crippen molar-refractivity contribution >= 4 is 33.0 Å². The standard InChI is InChI=1S/C13H15N3OS/c1-4-5-15-13(17)12-11(14)10-8(3)16-7(2)6-9(10)18-12/h4,6H,1,5,14H2,2-3H3,(H,15,17). The molecule has 0 spiro atoms. The molecule has 18 heavy (non-hydrogen) atoms. The lowest BCUT2D eigenvalue weighted by Crippen LogP contribution is -2.22. The van der Waals surface area contributed by atoms with Crippen LogP contribution in [0, 0.1) is 13.8 Å². The van der Waals surface area contributed by atoms with Gasteiger partial charge in [-0.1, -0.05) is 6.08 Å². The van der Waals surface area contributed by atoms with Gasteiger partial charge in [-0.2, -0.15) is 0 Å². The summed E-state index contributed by atoms with van der Waals surface area (Å²) in [4.78, 5) is 16.9. The first kappa shape index (κ1) is 12.6. The third-order valence-corrected chi connectivity index (χ3v) is 3.78. The lowest BCUT2D eigenvalue weighted by molar-refractivity contribution is 0.0963. The molecule has 0 unspecified atom stereocenters. The largest absolute Gasteiger partial charge is 0.397 e. The van der Waals surface area contributed by atoms with Crippen LogP contribution in [0.2, 0.25) is 0 Å². The Balaban J connectivity index is 2.53. The maximum atomic E-state index is 11.9. The van der Waals surface area contributed by atoms with Crippen molar-refractivity contribution in [3.8, 4) is 0 Å². The molecule has 0 aliphatic rings. The Hall–Kier alpha value is -1.88. The molecule has 0 aliphatic carbocycles. The van der Waals surface area contributed by atoms with E-state index < -0.39 is 0 Å². The summed E-state index contributed by atoms with van der Waals surface area (Å²) in [5.41, 5.74) is 8.35. The van der Waals surface area contributed by atoms with Gasteiger partial charge in [0.1, 0.15) is 4.88 Å². The Morgan fingerprint density at radius 1 is 1.61 bits per heavy atom. The fourth-order valence-electron chi connectivity index (χ4n) is 1.89. The second-order valence-corrected chi connectivity index (χ2v) is 5.12. The summed E-state index contributed by atoms with van der Waals surface area (Å²) in [5.74, 6) is -0.161. The average Bonchev–Trinajstić information content (AvgIpc) is 2.63. The van der Waals surface area contributed by atoms with Crippen molar-refractivity contribution in [1.29, 1.82) is 0 Å². The first-order chi connectivity index (χ1) is 8.54. The van der Waals surface area contributed by atoms with Crippen LogP contribution in [-0.2, 0) is 0 Å². The van der Waals surface area contributed by atoms with E-state index in [-0.39, 0.29) is 5.91 Å². The van der Waals surface area contributed by atoms with Gasteiger partial charge in [0.05, 0.1) is 5.69 Å². The van der Waals surface area contributed by atoms with Crippen LogP contribution in [0.4, 0.5) is 5.69 Å². The molecule has 0 saturated heterocycles. The van der Waals surface area contributed by atoms with Crippen LogP contribution in [0.1, 0.15) is 21.1 Å². The first-order valence-electron chi connectivity index (χ1n) is 5.60. The molecule has 0 fully saturated rings. The van der Waals surface area contributed by atoms with E-state index in [9.17, 15) is 4.79 Å². The van der Waals surface area contributed by atoms with E-state index in [0.29, 0.717) is 17.1 Å². The van der Waals surface area contributed by atoms with Crippen LogP contribution in [-0.4, -0.2) is 17.4 Å². The number of aryl methyl sites for hydroxylation is 2. The molecular weight excluding hydrogens is 246 g/mol. The summed E-state index contributed by atoms with van der Waals surface area (Å²) in [7, 11) is 0. The number of hydrogen-bond acceptors (Lipinski definition) is 4. The third kappa shape index (κ3) is 2.09. The van der Waals surface area contributed by atoms with E-state index in [4.69, 9.17) is 5.73 Å². The summed E-state index contributed by atoms with van der Waals surface area (Å²) in [6, 6.07) is 1.95. The van der Waals surface area contributed by atoms with Crippen molar-refractivity contribution < 1.29 is 4.79 Å². The second kappa shape index (κ2) is 4.78. The number of anilines is 1. The lowest BCUT2D eigenvalue weighted by Gasteiger charge is -2.01. The monoisotopic (exact) mass is 261 g/mol. The summed E-state index contributed by atoms with van der Waals surface area (Å²) in [6.07, 6.45) is 1.64. The zero-order chi connectivity index (χ0) is 13.3. The highest BCUT2D eigenvalue weighted by molar-refractivity contribution is 7.21. The van der Waals surface area contributed by atoms with Crippen molar-refractivity contribution in [2.75, 3.05) is 12.3 Å². The molecule has 1 amide bonds. The molecular formula is C13H15N3OS. The predicted molar refractivity (Wildman–Crippen MR) is 76.0 cm³/mol. The zero-order valence-electron chi connectivity index (χ0n) is 10.4. The normalized spacial score (nSPS) is 10.6. The number of nitrogen functional groups attached to an aromatic ring is 1. The summed E-state index contributed by atoms with van der Waals surface area (Å²) in [6.45, 7) is 7.83. The van der Waals surface area contributed by atoms with Crippen molar-refractivity contribution in [3.05, 3.63) is 35.0 Å². The summed E-state index contributed by atoms with van der Waals surface area (Å²) in [5, 5.41) is 3.62. The number of thiophene rings is 1. The van der Waals surface area contributed by atoms with Crippen LogP contribution in [0.15, 0.2) is 18.7 Å². The molecule has 0 aliphatic heterocycles. The molecule has 5 heteroatoms. The number of nitrogens with one attached hydrogen (secondary N) is 1. The van der Waals surface area contributed by atoms with Crippen molar-refractivity contribution in [2.24, 2.45) is 0 Å². The highest BCUT2D eigenvalue weighted by atomic mass is 32.1. The molecule has 0 radical (unpaired) electrons. The van der Waals surface area contributed by atoms with Gasteiger partial charge < -0.3 is 11.1 Å². The van der Waals surface area contributed by atoms with Gasteiger partial charge in [-0.25, -0.2) is 0 Å². The average molecular weight is 261 g/mol. The number of hydrogen-bond donors (Lipinski definition) is 2. The Labute approximate surface area is 110 Å². The zero-order valence-corrected chi connectivity index (χ0v) is 11.2. The minimum atomic E-state index is -0.161. The van der Waals surface area contributed by atoms with Gasteiger partial charge >= 0.3 is 0 Å². The van der Waals surface area contributed by atoms with Crippen molar-refractivity contribution in [2.45, 2.75) is 13.8 Å². The van der Waals surface area contributed by atoms with Gasteiger partial charge in [-0.3, -0.25) is 9.78 Å². The highest BCUT2D eigenvalue weighted by Gasteiger charge is 2.17. The number of nitrogens with zero attached hydrogens (tertiary/aromatic N) is 1. The molecule has 0 saturated carbocycles. The maximum absolute atomic E-state index is 11.9. The smallest absolute Gasteiger partial charge is 0.263 e.